The summed E-state index contributed by atoms with van der Waals surface area (Å²) in [5.74, 6) is -5.76. The maximum atomic E-state index is 13.0. The van der Waals surface area contributed by atoms with Gasteiger partial charge in [-0.25, -0.2) is 0 Å². The standard InChI is InChI=1S/C20H34N6O8S/c1-8(2)14-15(20(33)34)35-7-12(22-4)19(32)25-11(6-27)18(31)23-9(3)16(29)24-10(5-13(21)28)17(30)26-14/h8-12,14-15,22,27H,5-7H2,1-4H3,(H2,21,28)(H,23,31)(H,24,29)(H,25,32)(H,26,30)(H,33,34)/t9-,10?,11?,12-,14+,15?/m0/s1. The van der Waals surface area contributed by atoms with Crippen LogP contribution in [0.15, 0.2) is 0 Å². The van der Waals surface area contributed by atoms with Crippen LogP contribution < -0.4 is 32.3 Å². The number of nitrogens with one attached hydrogen (secondary N) is 5. The molecule has 1 rings (SSSR count). The maximum Gasteiger partial charge on any atom is 0.318 e. The summed E-state index contributed by atoms with van der Waals surface area (Å²) < 4.78 is 0. The second kappa shape index (κ2) is 13.8. The van der Waals surface area contributed by atoms with Crippen molar-refractivity contribution in [3.63, 3.8) is 0 Å². The van der Waals surface area contributed by atoms with Gasteiger partial charge >= 0.3 is 5.97 Å². The lowest BCUT2D eigenvalue weighted by molar-refractivity contribution is -0.138. The molecule has 9 N–H and O–H groups in total. The lowest BCUT2D eigenvalue weighted by Gasteiger charge is -2.31. The Hall–Kier alpha value is -2.91. The van der Waals surface area contributed by atoms with Gasteiger partial charge in [-0.05, 0) is 19.9 Å². The fourth-order valence-electron chi connectivity index (χ4n) is 3.23. The molecule has 1 saturated heterocycles. The van der Waals surface area contributed by atoms with Gasteiger partial charge in [-0.3, -0.25) is 28.8 Å². The number of carbonyl (C=O) groups is 6. The van der Waals surface area contributed by atoms with E-state index in [1.807, 2.05) is 0 Å². The third kappa shape index (κ3) is 8.99. The summed E-state index contributed by atoms with van der Waals surface area (Å²) >= 11 is 0.886. The molecular formula is C20H34N6O8S. The third-order valence-corrected chi connectivity index (χ3v) is 6.69. The minimum absolute atomic E-state index is 0.0456. The van der Waals surface area contributed by atoms with Crippen molar-refractivity contribution >= 4 is 47.3 Å². The Balaban J connectivity index is 3.42. The number of likely N-dealkylation sites (N-methyl/N-ethyl adjacent to an activating group) is 1. The number of hydrogen-bond acceptors (Lipinski definition) is 9. The number of thioether (sulfide) groups is 1. The Kier molecular flexibility index (Phi) is 11.9. The zero-order valence-electron chi connectivity index (χ0n) is 20.0. The molecule has 0 aromatic rings. The first-order valence-electron chi connectivity index (χ1n) is 10.9. The first-order chi connectivity index (χ1) is 16.3. The molecule has 0 aromatic heterocycles. The maximum absolute atomic E-state index is 13.0. The minimum atomic E-state index is -1.42. The third-order valence-electron chi connectivity index (χ3n) is 5.31. The summed E-state index contributed by atoms with van der Waals surface area (Å²) in [4.78, 5) is 74.4. The van der Waals surface area contributed by atoms with E-state index in [4.69, 9.17) is 5.73 Å². The van der Waals surface area contributed by atoms with Crippen LogP contribution in [0, 0.1) is 5.92 Å². The van der Waals surface area contributed by atoms with Gasteiger partial charge in [0.1, 0.15) is 23.4 Å². The van der Waals surface area contributed by atoms with Gasteiger partial charge in [-0.2, -0.15) is 0 Å². The molecule has 1 aliphatic heterocycles. The minimum Gasteiger partial charge on any atom is -0.480 e. The van der Waals surface area contributed by atoms with Crippen LogP contribution in [0.1, 0.15) is 27.2 Å². The Morgan fingerprint density at radius 1 is 1.03 bits per heavy atom. The van der Waals surface area contributed by atoms with Gasteiger partial charge in [-0.15, -0.1) is 11.8 Å². The van der Waals surface area contributed by atoms with Crippen molar-refractivity contribution in [1.82, 2.24) is 26.6 Å². The molecule has 198 valence electrons. The van der Waals surface area contributed by atoms with Crippen LogP contribution in [0.3, 0.4) is 0 Å². The molecule has 6 atom stereocenters. The molecule has 35 heavy (non-hydrogen) atoms. The molecule has 0 radical (unpaired) electrons. The number of amides is 5. The predicted molar refractivity (Wildman–Crippen MR) is 126 cm³/mol. The Morgan fingerprint density at radius 2 is 1.60 bits per heavy atom. The van der Waals surface area contributed by atoms with Gasteiger partial charge in [0.2, 0.25) is 29.5 Å². The van der Waals surface area contributed by atoms with Crippen LogP contribution >= 0.6 is 11.8 Å². The van der Waals surface area contributed by atoms with Gasteiger partial charge < -0.3 is 42.5 Å². The van der Waals surface area contributed by atoms with E-state index < -0.39 is 84.0 Å². The van der Waals surface area contributed by atoms with Crippen molar-refractivity contribution in [3.8, 4) is 0 Å². The van der Waals surface area contributed by atoms with Crippen LogP contribution in [-0.2, 0) is 28.8 Å². The van der Waals surface area contributed by atoms with Crippen LogP contribution in [0.25, 0.3) is 0 Å². The largest absolute Gasteiger partial charge is 0.480 e. The quantitative estimate of drug-likeness (QED) is 0.171. The number of carboxylic acids is 1. The monoisotopic (exact) mass is 518 g/mol. The highest BCUT2D eigenvalue weighted by Gasteiger charge is 2.37. The fourth-order valence-corrected chi connectivity index (χ4v) is 4.68. The number of rotatable bonds is 6. The molecule has 15 heteroatoms. The Morgan fingerprint density at radius 3 is 2.09 bits per heavy atom. The molecule has 0 bridgehead atoms. The average Bonchev–Trinajstić information content (AvgIpc) is 2.76. The first-order valence-corrected chi connectivity index (χ1v) is 12.0. The van der Waals surface area contributed by atoms with Crippen LogP contribution in [0.2, 0.25) is 0 Å². The van der Waals surface area contributed by atoms with E-state index in [0.29, 0.717) is 0 Å². The number of carbonyl (C=O) groups excluding carboxylic acids is 5. The van der Waals surface area contributed by atoms with E-state index in [1.54, 1.807) is 13.8 Å². The first kappa shape index (κ1) is 30.1. The summed E-state index contributed by atoms with van der Waals surface area (Å²) in [6.07, 6.45) is -0.564. The van der Waals surface area contributed by atoms with Crippen molar-refractivity contribution < 1.29 is 39.0 Å². The lowest BCUT2D eigenvalue weighted by atomic mass is 9.99. The van der Waals surface area contributed by atoms with Gasteiger partial charge in [-0.1, -0.05) is 13.8 Å². The van der Waals surface area contributed by atoms with Crippen molar-refractivity contribution in [2.75, 3.05) is 19.4 Å². The van der Waals surface area contributed by atoms with Gasteiger partial charge in [0, 0.05) is 5.75 Å². The lowest BCUT2D eigenvalue weighted by Crippen LogP contribution is -2.60. The number of aliphatic hydroxyl groups is 1. The molecule has 1 heterocycles. The highest BCUT2D eigenvalue weighted by Crippen LogP contribution is 2.22. The van der Waals surface area contributed by atoms with Crippen molar-refractivity contribution in [3.05, 3.63) is 0 Å². The molecule has 0 aliphatic carbocycles. The van der Waals surface area contributed by atoms with Gasteiger partial charge in [0.15, 0.2) is 0 Å². The molecule has 1 aliphatic rings. The van der Waals surface area contributed by atoms with Crippen molar-refractivity contribution in [2.24, 2.45) is 11.7 Å². The SMILES string of the molecule is CN[C@H]1CSC(C(=O)O)[C@@H](C(C)C)NC(=O)C(CC(N)=O)NC(=O)[C@H](C)NC(=O)C(CO)NC1=O. The zero-order valence-corrected chi connectivity index (χ0v) is 20.8. The number of hydrogen-bond donors (Lipinski definition) is 8. The Labute approximate surface area is 206 Å². The number of carboxylic acid groups (broad SMARTS) is 1. The number of nitrogens with two attached hydrogens (primary N) is 1. The number of primary amides is 1. The van der Waals surface area contributed by atoms with Crippen LogP contribution in [0.5, 0.6) is 0 Å². The summed E-state index contributed by atoms with van der Waals surface area (Å²) in [7, 11) is 1.47. The number of aliphatic carboxylic acids is 1. The molecule has 0 spiro atoms. The topological polar surface area (TPSA) is 229 Å². The summed E-state index contributed by atoms with van der Waals surface area (Å²) in [5, 5.41) is 30.6. The van der Waals surface area contributed by atoms with Crippen molar-refractivity contribution in [2.45, 2.75) is 62.7 Å². The predicted octanol–water partition coefficient (Wildman–Crippen LogP) is -3.74. The second-order valence-corrected chi connectivity index (χ2v) is 9.59. The normalized spacial score (nSPS) is 29.5. The number of aliphatic hydroxyl groups excluding tert-OH is 1. The Bertz CT molecular complexity index is 825. The van der Waals surface area contributed by atoms with Gasteiger partial charge in [0.25, 0.3) is 0 Å². The van der Waals surface area contributed by atoms with Crippen LogP contribution in [-0.4, -0.2) is 101 Å². The van der Waals surface area contributed by atoms with E-state index in [2.05, 4.69) is 26.6 Å². The molecule has 1 fully saturated rings. The highest BCUT2D eigenvalue weighted by atomic mass is 32.2. The molecule has 14 nitrogen and oxygen atoms in total. The van der Waals surface area contributed by atoms with E-state index >= 15 is 0 Å². The fraction of sp³-hybridized carbons (Fsp3) is 0.700. The summed E-state index contributed by atoms with van der Waals surface area (Å²) in [6, 6.07) is -5.91. The average molecular weight is 519 g/mol. The van der Waals surface area contributed by atoms with Crippen molar-refractivity contribution in [1.29, 1.82) is 0 Å². The summed E-state index contributed by atoms with van der Waals surface area (Å²) in [6.45, 7) is 3.91. The van der Waals surface area contributed by atoms with E-state index in [9.17, 15) is 39.0 Å². The van der Waals surface area contributed by atoms with E-state index in [-0.39, 0.29) is 11.7 Å². The van der Waals surface area contributed by atoms with E-state index in [0.717, 1.165) is 11.8 Å². The second-order valence-electron chi connectivity index (χ2n) is 8.42. The summed E-state index contributed by atoms with van der Waals surface area (Å²) in [5.41, 5.74) is 5.22. The van der Waals surface area contributed by atoms with Gasteiger partial charge in [0.05, 0.1) is 25.1 Å². The molecule has 3 unspecified atom stereocenters. The zero-order chi connectivity index (χ0) is 26.9. The molecular weight excluding hydrogens is 484 g/mol. The molecule has 5 amide bonds. The highest BCUT2D eigenvalue weighted by molar-refractivity contribution is 8.00. The smallest absolute Gasteiger partial charge is 0.318 e. The van der Waals surface area contributed by atoms with Crippen LogP contribution in [0.4, 0.5) is 0 Å². The molecule has 0 aromatic carbocycles. The van der Waals surface area contributed by atoms with E-state index in [1.165, 1.54) is 14.0 Å². The molecule has 0 saturated carbocycles.